The maximum absolute atomic E-state index is 12.6. The van der Waals surface area contributed by atoms with Gasteiger partial charge in [0.25, 0.3) is 5.91 Å². The largest absolute Gasteiger partial charge is 0.497 e. The summed E-state index contributed by atoms with van der Waals surface area (Å²) in [6.07, 6.45) is 2.16. The van der Waals surface area contributed by atoms with E-state index < -0.39 is 10.8 Å². The molecule has 1 amide bonds. The normalized spacial score (nSPS) is 12.8. The summed E-state index contributed by atoms with van der Waals surface area (Å²) in [5.41, 5.74) is 2.82. The Morgan fingerprint density at radius 3 is 2.73 bits per heavy atom. The van der Waals surface area contributed by atoms with E-state index in [1.165, 1.54) is 24.9 Å². The fourth-order valence-corrected chi connectivity index (χ4v) is 3.53. The van der Waals surface area contributed by atoms with E-state index in [0.717, 1.165) is 12.0 Å². The van der Waals surface area contributed by atoms with E-state index in [-0.39, 0.29) is 17.1 Å². The van der Waals surface area contributed by atoms with Crippen LogP contribution in [0.3, 0.4) is 0 Å². The number of anilines is 2. The molecule has 2 heterocycles. The van der Waals surface area contributed by atoms with Crippen LogP contribution in [0.25, 0.3) is 0 Å². The van der Waals surface area contributed by atoms with Crippen molar-refractivity contribution in [2.45, 2.75) is 13.0 Å². The number of ether oxygens (including phenoxy) is 1. The molecule has 0 fully saturated rings. The Morgan fingerprint density at radius 2 is 1.97 bits per heavy atom. The number of nitrogens with zero attached hydrogens (tertiary/aromatic N) is 3. The molecule has 0 spiro atoms. The van der Waals surface area contributed by atoms with Crippen LogP contribution in [0.15, 0.2) is 60.8 Å². The van der Waals surface area contributed by atoms with E-state index in [9.17, 15) is 14.9 Å². The van der Waals surface area contributed by atoms with Crippen LogP contribution in [-0.2, 0) is 13.0 Å². The second-order valence-corrected chi connectivity index (χ2v) is 6.95. The highest BCUT2D eigenvalue weighted by Gasteiger charge is 2.26. The van der Waals surface area contributed by atoms with Gasteiger partial charge in [0.1, 0.15) is 5.75 Å². The van der Waals surface area contributed by atoms with Gasteiger partial charge in [0.15, 0.2) is 0 Å². The van der Waals surface area contributed by atoms with Crippen molar-refractivity contribution in [3.8, 4) is 5.75 Å². The zero-order valence-corrected chi connectivity index (χ0v) is 16.4. The summed E-state index contributed by atoms with van der Waals surface area (Å²) in [4.78, 5) is 30.0. The molecule has 0 bridgehead atoms. The number of nitro groups is 1. The van der Waals surface area contributed by atoms with Crippen LogP contribution in [0, 0.1) is 10.1 Å². The van der Waals surface area contributed by atoms with Gasteiger partial charge in [0.2, 0.25) is 5.82 Å². The molecule has 152 valence electrons. The van der Waals surface area contributed by atoms with Crippen LogP contribution >= 0.6 is 0 Å². The number of benzene rings is 2. The summed E-state index contributed by atoms with van der Waals surface area (Å²) >= 11 is 0. The molecule has 0 aliphatic carbocycles. The Bertz CT molecular complexity index is 1120. The topological polar surface area (TPSA) is 97.6 Å². The molecule has 1 aliphatic heterocycles. The summed E-state index contributed by atoms with van der Waals surface area (Å²) in [5, 5.41) is 14.4. The molecule has 1 aromatic heterocycles. The van der Waals surface area contributed by atoms with E-state index >= 15 is 0 Å². The SMILES string of the molecule is COc1cccc(NC(=O)c2cnc(N3CCc4ccccc4C3)c([N+](=O)[O-])c2)c1. The highest BCUT2D eigenvalue weighted by molar-refractivity contribution is 6.04. The first-order valence-electron chi connectivity index (χ1n) is 9.46. The van der Waals surface area contributed by atoms with Crippen molar-refractivity contribution < 1.29 is 14.5 Å². The third kappa shape index (κ3) is 3.93. The van der Waals surface area contributed by atoms with Gasteiger partial charge in [-0.1, -0.05) is 30.3 Å². The monoisotopic (exact) mass is 404 g/mol. The van der Waals surface area contributed by atoms with Gasteiger partial charge in [-0.2, -0.15) is 0 Å². The van der Waals surface area contributed by atoms with Crippen molar-refractivity contribution >= 4 is 23.1 Å². The van der Waals surface area contributed by atoms with Gasteiger partial charge in [0, 0.05) is 37.1 Å². The Morgan fingerprint density at radius 1 is 1.17 bits per heavy atom. The molecular weight excluding hydrogens is 384 g/mol. The van der Waals surface area contributed by atoms with E-state index in [1.54, 1.807) is 24.3 Å². The average Bonchev–Trinajstić information content (AvgIpc) is 2.78. The summed E-state index contributed by atoms with van der Waals surface area (Å²) in [7, 11) is 1.53. The Kier molecular flexibility index (Phi) is 5.30. The van der Waals surface area contributed by atoms with E-state index in [2.05, 4.69) is 16.4 Å². The summed E-state index contributed by atoms with van der Waals surface area (Å²) in [6.45, 7) is 1.17. The molecule has 0 atom stereocenters. The minimum Gasteiger partial charge on any atom is -0.497 e. The third-order valence-electron chi connectivity index (χ3n) is 5.06. The summed E-state index contributed by atoms with van der Waals surface area (Å²) in [6, 6.07) is 16.2. The smallest absolute Gasteiger partial charge is 0.312 e. The van der Waals surface area contributed by atoms with Crippen LogP contribution < -0.4 is 15.0 Å². The number of fused-ring (bicyclic) bond motifs is 1. The molecular formula is C22H20N4O4. The molecule has 3 aromatic rings. The lowest BCUT2D eigenvalue weighted by Crippen LogP contribution is -2.31. The molecule has 30 heavy (non-hydrogen) atoms. The zero-order valence-electron chi connectivity index (χ0n) is 16.4. The van der Waals surface area contributed by atoms with Crippen LogP contribution in [0.5, 0.6) is 5.75 Å². The van der Waals surface area contributed by atoms with Gasteiger partial charge in [-0.15, -0.1) is 0 Å². The highest BCUT2D eigenvalue weighted by Crippen LogP contribution is 2.31. The molecule has 0 saturated carbocycles. The fourth-order valence-electron chi connectivity index (χ4n) is 3.53. The zero-order chi connectivity index (χ0) is 21.1. The predicted octanol–water partition coefficient (Wildman–Crippen LogP) is 3.81. The number of pyridine rings is 1. The number of aromatic nitrogens is 1. The number of amides is 1. The van der Waals surface area contributed by atoms with Crippen molar-refractivity contribution in [1.82, 2.24) is 4.98 Å². The van der Waals surface area contributed by atoms with E-state index in [0.29, 0.717) is 24.5 Å². The maximum atomic E-state index is 12.6. The summed E-state index contributed by atoms with van der Waals surface area (Å²) in [5.74, 6) is 0.388. The van der Waals surface area contributed by atoms with Crippen molar-refractivity contribution in [2.75, 3.05) is 23.9 Å². The van der Waals surface area contributed by atoms with Gasteiger partial charge in [-0.25, -0.2) is 4.98 Å². The Hall–Kier alpha value is -3.94. The highest BCUT2D eigenvalue weighted by atomic mass is 16.6. The van der Waals surface area contributed by atoms with Gasteiger partial charge in [-0.3, -0.25) is 14.9 Å². The second-order valence-electron chi connectivity index (χ2n) is 6.95. The summed E-state index contributed by atoms with van der Waals surface area (Å²) < 4.78 is 5.14. The van der Waals surface area contributed by atoms with Crippen molar-refractivity contribution in [3.05, 3.63) is 87.6 Å². The number of nitrogens with one attached hydrogen (secondary N) is 1. The number of carbonyl (C=O) groups excluding carboxylic acids is 1. The molecule has 8 heteroatoms. The molecule has 2 aromatic carbocycles. The first-order valence-corrected chi connectivity index (χ1v) is 9.46. The number of carbonyl (C=O) groups is 1. The lowest BCUT2D eigenvalue weighted by Gasteiger charge is -2.29. The lowest BCUT2D eigenvalue weighted by atomic mass is 10.00. The standard InChI is InChI=1S/C22H20N4O4/c1-30-19-8-4-7-18(12-19)24-22(27)17-11-20(26(28)29)21(23-13-17)25-10-9-15-5-2-3-6-16(15)14-25/h2-8,11-13H,9-10,14H2,1H3,(H,24,27). The van der Waals surface area contributed by atoms with Crippen molar-refractivity contribution in [3.63, 3.8) is 0 Å². The van der Waals surface area contributed by atoms with Crippen LogP contribution in [0.1, 0.15) is 21.5 Å². The number of methoxy groups -OCH3 is 1. The van der Waals surface area contributed by atoms with Crippen LogP contribution in [0.4, 0.5) is 17.2 Å². The number of hydrogen-bond acceptors (Lipinski definition) is 6. The molecule has 0 saturated heterocycles. The maximum Gasteiger partial charge on any atom is 0.312 e. The lowest BCUT2D eigenvalue weighted by molar-refractivity contribution is -0.384. The van der Waals surface area contributed by atoms with E-state index in [4.69, 9.17) is 4.74 Å². The molecule has 0 unspecified atom stereocenters. The first-order chi connectivity index (χ1) is 14.5. The third-order valence-corrected chi connectivity index (χ3v) is 5.06. The Balaban J connectivity index is 1.59. The Labute approximate surface area is 173 Å². The second kappa shape index (κ2) is 8.20. The molecule has 8 nitrogen and oxygen atoms in total. The van der Waals surface area contributed by atoms with Gasteiger partial charge < -0.3 is 15.0 Å². The quantitative estimate of drug-likeness (QED) is 0.513. The predicted molar refractivity (Wildman–Crippen MR) is 113 cm³/mol. The van der Waals surface area contributed by atoms with Crippen LogP contribution in [0.2, 0.25) is 0 Å². The molecule has 4 rings (SSSR count). The number of hydrogen-bond donors (Lipinski definition) is 1. The molecule has 1 N–H and O–H groups in total. The minimum atomic E-state index is -0.495. The fraction of sp³-hybridized carbons (Fsp3) is 0.182. The van der Waals surface area contributed by atoms with Gasteiger partial charge >= 0.3 is 5.69 Å². The molecule has 1 aliphatic rings. The van der Waals surface area contributed by atoms with E-state index in [1.807, 2.05) is 23.1 Å². The van der Waals surface area contributed by atoms with Gasteiger partial charge in [-0.05, 0) is 29.7 Å². The van der Waals surface area contributed by atoms with Crippen molar-refractivity contribution in [2.24, 2.45) is 0 Å². The van der Waals surface area contributed by atoms with Crippen LogP contribution in [-0.4, -0.2) is 29.5 Å². The first kappa shape index (κ1) is 19.4. The minimum absolute atomic E-state index is 0.116. The average molecular weight is 404 g/mol. The van der Waals surface area contributed by atoms with Gasteiger partial charge in [0.05, 0.1) is 17.6 Å². The number of rotatable bonds is 5. The van der Waals surface area contributed by atoms with Crippen molar-refractivity contribution in [1.29, 1.82) is 0 Å². The molecule has 0 radical (unpaired) electrons.